The number of sulfone groups is 1. The molecule has 1 fully saturated rings. The quantitative estimate of drug-likeness (QED) is 0.525. The maximum Gasteiger partial charge on any atom is 0.238 e. The molecule has 1 unspecified atom stereocenters. The zero-order valence-electron chi connectivity index (χ0n) is 18.8. The van der Waals surface area contributed by atoms with Crippen molar-refractivity contribution in [2.75, 3.05) is 12.9 Å². The van der Waals surface area contributed by atoms with Gasteiger partial charge in [-0.05, 0) is 73.6 Å². The first kappa shape index (κ1) is 23.1. The Kier molecular flexibility index (Phi) is 6.08. The third-order valence-electron chi connectivity index (χ3n) is 6.79. The molecule has 1 amide bonds. The van der Waals surface area contributed by atoms with Crippen LogP contribution in [-0.4, -0.2) is 41.6 Å². The van der Waals surface area contributed by atoms with Gasteiger partial charge in [0.1, 0.15) is 4.75 Å². The molecule has 1 heterocycles. The Labute approximate surface area is 194 Å². The van der Waals surface area contributed by atoms with Crippen LogP contribution in [0.3, 0.4) is 0 Å². The topological polar surface area (TPSA) is 102 Å². The van der Waals surface area contributed by atoms with E-state index in [0.29, 0.717) is 18.4 Å². The number of aliphatic hydroxyl groups excluding tert-OH is 1. The van der Waals surface area contributed by atoms with Crippen molar-refractivity contribution >= 4 is 26.6 Å². The first-order valence-electron chi connectivity index (χ1n) is 10.9. The highest BCUT2D eigenvalue weighted by Crippen LogP contribution is 2.46. The van der Waals surface area contributed by atoms with Gasteiger partial charge in [0.2, 0.25) is 5.91 Å². The van der Waals surface area contributed by atoms with Crippen LogP contribution in [0, 0.1) is 17.8 Å². The molecule has 3 aromatic rings. The molecule has 0 radical (unpaired) electrons. The maximum atomic E-state index is 12.1. The van der Waals surface area contributed by atoms with Crippen molar-refractivity contribution in [1.29, 1.82) is 0 Å². The molecule has 2 aromatic carbocycles. The van der Waals surface area contributed by atoms with Gasteiger partial charge in [0.25, 0.3) is 0 Å². The smallest absolute Gasteiger partial charge is 0.238 e. The van der Waals surface area contributed by atoms with Gasteiger partial charge in [0.15, 0.2) is 9.84 Å². The monoisotopic (exact) mass is 464 g/mol. The van der Waals surface area contributed by atoms with Crippen LogP contribution >= 0.6 is 0 Å². The lowest BCUT2D eigenvalue weighted by molar-refractivity contribution is -0.120. The first-order chi connectivity index (χ1) is 15.6. The van der Waals surface area contributed by atoms with Gasteiger partial charge in [-0.25, -0.2) is 8.42 Å². The van der Waals surface area contributed by atoms with E-state index in [9.17, 15) is 18.3 Å². The molecule has 0 saturated heterocycles. The number of aliphatic hydroxyl groups is 1. The van der Waals surface area contributed by atoms with Crippen molar-refractivity contribution < 1.29 is 18.3 Å². The summed E-state index contributed by atoms with van der Waals surface area (Å²) in [6.45, 7) is 1.98. The molecule has 7 heteroatoms. The molecule has 0 bridgehead atoms. The van der Waals surface area contributed by atoms with Crippen LogP contribution in [0.25, 0.3) is 10.9 Å². The Morgan fingerprint density at radius 2 is 1.82 bits per heavy atom. The van der Waals surface area contributed by atoms with Crippen molar-refractivity contribution in [2.24, 2.45) is 11.7 Å². The van der Waals surface area contributed by atoms with Gasteiger partial charge < -0.3 is 15.4 Å². The Morgan fingerprint density at radius 3 is 2.42 bits per heavy atom. The van der Waals surface area contributed by atoms with E-state index >= 15 is 0 Å². The number of nitrogens with two attached hydrogens (primary N) is 1. The number of rotatable bonds is 7. The van der Waals surface area contributed by atoms with E-state index in [1.165, 1.54) is 12.5 Å². The van der Waals surface area contributed by atoms with Crippen molar-refractivity contribution in [3.8, 4) is 11.8 Å². The van der Waals surface area contributed by atoms with Crippen LogP contribution in [0.4, 0.5) is 0 Å². The van der Waals surface area contributed by atoms with Crippen LogP contribution in [0.5, 0.6) is 0 Å². The molecule has 0 aliphatic heterocycles. The summed E-state index contributed by atoms with van der Waals surface area (Å²) in [6.07, 6.45) is 4.07. The molecule has 3 atom stereocenters. The van der Waals surface area contributed by atoms with Gasteiger partial charge in [-0.2, -0.15) is 0 Å². The highest BCUT2D eigenvalue weighted by molar-refractivity contribution is 7.92. The molecule has 3 N–H and O–H groups in total. The largest absolute Gasteiger partial charge is 0.396 e. The van der Waals surface area contributed by atoms with Crippen LogP contribution < -0.4 is 5.73 Å². The van der Waals surface area contributed by atoms with E-state index in [2.05, 4.69) is 24.0 Å². The summed E-state index contributed by atoms with van der Waals surface area (Å²) in [5.74, 6) is 6.43. The van der Waals surface area contributed by atoms with Crippen LogP contribution in [-0.2, 0) is 21.2 Å². The summed E-state index contributed by atoms with van der Waals surface area (Å²) in [6, 6.07) is 16.0. The normalized spacial score (nSPS) is 19.5. The lowest BCUT2D eigenvalue weighted by Gasteiger charge is -2.24. The van der Waals surface area contributed by atoms with E-state index in [1.54, 1.807) is 0 Å². The fourth-order valence-electron chi connectivity index (χ4n) is 4.11. The number of nitrogens with zero attached hydrogens (tertiary/aromatic N) is 1. The van der Waals surface area contributed by atoms with Crippen molar-refractivity contribution in [3.05, 3.63) is 71.4 Å². The molecule has 1 saturated carbocycles. The molecule has 1 aromatic heterocycles. The number of amides is 1. The Balaban J connectivity index is 1.48. The molecule has 33 heavy (non-hydrogen) atoms. The molecule has 1 aliphatic rings. The Morgan fingerprint density at radius 1 is 1.15 bits per heavy atom. The molecular formula is C26H28N2O4S. The summed E-state index contributed by atoms with van der Waals surface area (Å²) in [5, 5.41) is 10.2. The van der Waals surface area contributed by atoms with Crippen molar-refractivity contribution in [3.63, 3.8) is 0 Å². The number of carbonyl (C=O) groups excluding carboxylic acids is 1. The highest BCUT2D eigenvalue weighted by Gasteiger charge is 2.41. The Bertz CT molecular complexity index is 1360. The minimum atomic E-state index is -3.64. The second-order valence-corrected chi connectivity index (χ2v) is 11.5. The first-order valence-corrected chi connectivity index (χ1v) is 12.8. The second kappa shape index (κ2) is 8.69. The predicted molar refractivity (Wildman–Crippen MR) is 129 cm³/mol. The third kappa shape index (κ3) is 4.68. The number of hydrogen-bond donors (Lipinski definition) is 2. The number of aromatic nitrogens is 1. The molecular weight excluding hydrogens is 436 g/mol. The summed E-state index contributed by atoms with van der Waals surface area (Å²) >= 11 is 0. The van der Waals surface area contributed by atoms with Crippen molar-refractivity contribution in [1.82, 2.24) is 4.57 Å². The molecule has 1 aliphatic carbocycles. The second-order valence-electron chi connectivity index (χ2n) is 9.06. The summed E-state index contributed by atoms with van der Waals surface area (Å²) in [5.41, 5.74) is 9.40. The summed E-state index contributed by atoms with van der Waals surface area (Å²) in [4.78, 5) is 11.8. The third-order valence-corrected chi connectivity index (χ3v) is 8.83. The highest BCUT2D eigenvalue weighted by atomic mass is 32.2. The fourth-order valence-corrected chi connectivity index (χ4v) is 4.94. The van der Waals surface area contributed by atoms with Gasteiger partial charge in [-0.15, -0.1) is 0 Å². The van der Waals surface area contributed by atoms with Gasteiger partial charge in [-0.3, -0.25) is 4.79 Å². The zero-order chi connectivity index (χ0) is 23.8. The number of fused-ring (bicyclic) bond motifs is 1. The molecule has 0 spiro atoms. The predicted octanol–water partition coefficient (Wildman–Crippen LogP) is 2.82. The van der Waals surface area contributed by atoms with Gasteiger partial charge in [0.05, 0.1) is 0 Å². The van der Waals surface area contributed by atoms with E-state index in [1.807, 2.05) is 47.2 Å². The average molecular weight is 465 g/mol. The van der Waals surface area contributed by atoms with Crippen LogP contribution in [0.15, 0.2) is 54.7 Å². The molecule has 172 valence electrons. The fraction of sp³-hybridized carbons (Fsp3) is 0.346. The number of carbonyl (C=O) groups is 1. The van der Waals surface area contributed by atoms with Crippen LogP contribution in [0.1, 0.15) is 42.4 Å². The minimum absolute atomic E-state index is 0.0996. The van der Waals surface area contributed by atoms with E-state index in [4.69, 9.17) is 5.73 Å². The van der Waals surface area contributed by atoms with Gasteiger partial charge in [0, 0.05) is 47.6 Å². The standard InChI is InChI=1S/C26H28N2O4S/c1-26(25(27)30,33(2,31)32)12-14-28-13-11-21-15-19(7-10-24(21)28)4-3-18-5-8-20(9-6-18)23-16-22(23)17-29/h5-11,13,15,22-23,29H,12,14,16-17H2,1-2H3,(H2,27,30)/t22-,23-,26?/m1/s1. The maximum absolute atomic E-state index is 12.1. The lowest BCUT2D eigenvalue weighted by Crippen LogP contribution is -2.48. The van der Waals surface area contributed by atoms with Gasteiger partial charge >= 0.3 is 0 Å². The zero-order valence-corrected chi connectivity index (χ0v) is 19.6. The van der Waals surface area contributed by atoms with Crippen LogP contribution in [0.2, 0.25) is 0 Å². The van der Waals surface area contributed by atoms with Crippen molar-refractivity contribution in [2.45, 2.75) is 37.0 Å². The lowest BCUT2D eigenvalue weighted by atomic mass is 10.1. The number of benzene rings is 2. The molecule has 4 rings (SSSR count). The number of primary amides is 1. The Hall–Kier alpha value is -3.08. The summed E-state index contributed by atoms with van der Waals surface area (Å²) in [7, 11) is -3.64. The minimum Gasteiger partial charge on any atom is -0.396 e. The number of aryl methyl sites for hydroxylation is 1. The van der Waals surface area contributed by atoms with E-state index in [-0.39, 0.29) is 13.0 Å². The summed E-state index contributed by atoms with van der Waals surface area (Å²) < 4.78 is 24.5. The van der Waals surface area contributed by atoms with E-state index in [0.717, 1.165) is 34.7 Å². The SMILES string of the molecule is CC(CCn1ccc2cc(C#Cc3ccc([C@H]4C[C@@H]4CO)cc3)ccc21)(C(N)=O)S(C)(=O)=O. The van der Waals surface area contributed by atoms with Gasteiger partial charge in [-0.1, -0.05) is 24.0 Å². The molecule has 6 nitrogen and oxygen atoms in total. The van der Waals surface area contributed by atoms with E-state index < -0.39 is 20.5 Å². The average Bonchev–Trinajstić information content (AvgIpc) is 3.47. The number of hydrogen-bond acceptors (Lipinski definition) is 4.